The molecular weight excluding hydrogens is 389 g/mol. The number of likely N-dealkylation sites (N-methyl/N-ethyl adjacent to an activating group) is 1. The van der Waals surface area contributed by atoms with E-state index in [1.165, 1.54) is 4.90 Å². The van der Waals surface area contributed by atoms with Gasteiger partial charge in [-0.25, -0.2) is 0 Å². The fourth-order valence-electron chi connectivity index (χ4n) is 1.76. The van der Waals surface area contributed by atoms with Gasteiger partial charge >= 0.3 is 5.97 Å². The van der Waals surface area contributed by atoms with E-state index in [-0.39, 0.29) is 48.9 Å². The minimum Gasteiger partial charge on any atom is -1.00 e. The quantitative estimate of drug-likeness (QED) is 0.262. The highest BCUT2D eigenvalue weighted by Gasteiger charge is 2.22. The van der Waals surface area contributed by atoms with Crippen molar-refractivity contribution >= 4 is 17.8 Å². The average Bonchev–Trinajstić information content (AvgIpc) is 2.71. The monoisotopic (exact) mass is 413 g/mol. The lowest BCUT2D eigenvalue weighted by molar-refractivity contribution is -0.870. The molecule has 1 aliphatic heterocycles. The summed E-state index contributed by atoms with van der Waals surface area (Å²) < 4.78 is 5.71. The molecule has 7 nitrogen and oxygen atoms in total. The van der Waals surface area contributed by atoms with Gasteiger partial charge in [0.05, 0.1) is 27.7 Å². The van der Waals surface area contributed by atoms with Crippen LogP contribution >= 0.6 is 0 Å². The van der Waals surface area contributed by atoms with Gasteiger partial charge in [-0.1, -0.05) is 0 Å². The first-order valence-electron chi connectivity index (χ1n) is 6.78. The third-order valence-electron chi connectivity index (χ3n) is 2.96. The molecule has 0 aromatic carbocycles. The van der Waals surface area contributed by atoms with E-state index in [2.05, 4.69) is 5.32 Å². The molecule has 0 aromatic rings. The molecule has 21 heavy (non-hydrogen) atoms. The third-order valence-corrected chi connectivity index (χ3v) is 2.96. The Hall–Kier alpha value is -0.900. The zero-order valence-electron chi connectivity index (χ0n) is 12.9. The van der Waals surface area contributed by atoms with Crippen molar-refractivity contribution in [2.24, 2.45) is 0 Å². The van der Waals surface area contributed by atoms with Gasteiger partial charge in [-0.15, -0.1) is 0 Å². The number of carbonyl (C=O) groups is 3. The van der Waals surface area contributed by atoms with Crippen molar-refractivity contribution in [1.82, 2.24) is 10.2 Å². The highest BCUT2D eigenvalue weighted by Crippen LogP contribution is 2.08. The molecule has 1 fully saturated rings. The van der Waals surface area contributed by atoms with Crippen LogP contribution in [0.25, 0.3) is 0 Å². The summed E-state index contributed by atoms with van der Waals surface area (Å²) in [5, 5.41) is 2.47. The van der Waals surface area contributed by atoms with Crippen LogP contribution in [0, 0.1) is 0 Å². The van der Waals surface area contributed by atoms with Crippen LogP contribution < -0.4 is 29.3 Å². The number of hydrogen-bond donors (Lipinski definition) is 1. The summed E-state index contributed by atoms with van der Waals surface area (Å²) in [4.78, 5) is 35.8. The van der Waals surface area contributed by atoms with E-state index < -0.39 is 5.97 Å². The summed E-state index contributed by atoms with van der Waals surface area (Å²) in [7, 11) is 6.01. The average molecular weight is 413 g/mol. The SMILES string of the molecule is C[N+](C)(C)CCOC(=O)CNC(=O)CN1CCCC1=O.[I-]. The van der Waals surface area contributed by atoms with Gasteiger partial charge in [0.25, 0.3) is 0 Å². The summed E-state index contributed by atoms with van der Waals surface area (Å²) in [5.74, 6) is -0.797. The molecule has 0 atom stereocenters. The van der Waals surface area contributed by atoms with Crippen LogP contribution in [-0.4, -0.2) is 81.1 Å². The molecule has 0 saturated carbocycles. The van der Waals surface area contributed by atoms with E-state index >= 15 is 0 Å². The topological polar surface area (TPSA) is 75.7 Å². The second-order valence-corrected chi connectivity index (χ2v) is 5.93. The first kappa shape index (κ1) is 20.1. The van der Waals surface area contributed by atoms with Crippen LogP contribution in [0.3, 0.4) is 0 Å². The van der Waals surface area contributed by atoms with Crippen molar-refractivity contribution in [3.05, 3.63) is 0 Å². The fraction of sp³-hybridized carbons (Fsp3) is 0.769. The molecule has 0 unspecified atom stereocenters. The molecule has 1 heterocycles. The molecule has 1 aliphatic rings. The number of carbonyl (C=O) groups excluding carboxylic acids is 3. The van der Waals surface area contributed by atoms with Gasteiger partial charge in [-0.2, -0.15) is 0 Å². The Bertz CT molecular complexity index is 382. The number of esters is 1. The number of hydrogen-bond acceptors (Lipinski definition) is 4. The Morgan fingerprint density at radius 1 is 1.33 bits per heavy atom. The van der Waals surface area contributed by atoms with E-state index in [0.717, 1.165) is 6.42 Å². The van der Waals surface area contributed by atoms with Gasteiger partial charge in [0.15, 0.2) is 0 Å². The largest absolute Gasteiger partial charge is 1.00 e. The molecule has 8 heteroatoms. The predicted octanol–water partition coefficient (Wildman–Crippen LogP) is -4.02. The van der Waals surface area contributed by atoms with Crippen molar-refractivity contribution < 1.29 is 47.6 Å². The van der Waals surface area contributed by atoms with Crippen LogP contribution in [0.15, 0.2) is 0 Å². The summed E-state index contributed by atoms with van der Waals surface area (Å²) in [6.07, 6.45) is 1.29. The van der Waals surface area contributed by atoms with Gasteiger partial charge in [-0.05, 0) is 6.42 Å². The van der Waals surface area contributed by atoms with Gasteiger partial charge in [0, 0.05) is 13.0 Å². The molecule has 0 bridgehead atoms. The van der Waals surface area contributed by atoms with E-state index in [0.29, 0.717) is 30.6 Å². The molecule has 1 saturated heterocycles. The molecule has 0 aromatic heterocycles. The molecule has 0 aliphatic carbocycles. The van der Waals surface area contributed by atoms with Crippen LogP contribution in [0.5, 0.6) is 0 Å². The van der Waals surface area contributed by atoms with E-state index in [1.807, 2.05) is 21.1 Å². The summed E-state index contributed by atoms with van der Waals surface area (Å²) in [5.41, 5.74) is 0. The second-order valence-electron chi connectivity index (χ2n) is 5.93. The number of halogens is 1. The number of likely N-dealkylation sites (tertiary alicyclic amines) is 1. The number of amides is 2. The minimum absolute atomic E-state index is 0. The van der Waals surface area contributed by atoms with Gasteiger partial charge < -0.3 is 43.4 Å². The molecule has 0 radical (unpaired) electrons. The Kier molecular flexibility index (Phi) is 8.79. The first-order valence-corrected chi connectivity index (χ1v) is 6.78. The Balaban J connectivity index is 0.00000400. The highest BCUT2D eigenvalue weighted by atomic mass is 127. The Labute approximate surface area is 142 Å². The molecule has 122 valence electrons. The van der Waals surface area contributed by atoms with Crippen molar-refractivity contribution in [2.45, 2.75) is 12.8 Å². The lowest BCUT2D eigenvalue weighted by Crippen LogP contribution is -3.00. The normalized spacial score (nSPS) is 14.6. The van der Waals surface area contributed by atoms with Crippen LogP contribution in [-0.2, 0) is 19.1 Å². The van der Waals surface area contributed by atoms with Gasteiger partial charge in [0.1, 0.15) is 19.7 Å². The third kappa shape index (κ3) is 8.86. The van der Waals surface area contributed by atoms with Crippen molar-refractivity contribution in [2.75, 3.05) is 53.9 Å². The lowest BCUT2D eigenvalue weighted by Gasteiger charge is -2.23. The van der Waals surface area contributed by atoms with Crippen LogP contribution in [0.1, 0.15) is 12.8 Å². The maximum Gasteiger partial charge on any atom is 0.325 e. The molecule has 1 N–H and O–H groups in total. The van der Waals surface area contributed by atoms with Crippen molar-refractivity contribution in [3.8, 4) is 0 Å². The first-order chi connectivity index (χ1) is 9.28. The maximum absolute atomic E-state index is 11.6. The predicted molar refractivity (Wildman–Crippen MR) is 72.7 cm³/mol. The summed E-state index contributed by atoms with van der Waals surface area (Å²) >= 11 is 0. The van der Waals surface area contributed by atoms with E-state index in [1.54, 1.807) is 0 Å². The maximum atomic E-state index is 11.6. The standard InChI is InChI=1S/C13H23N3O4.HI/c1-16(2,3)7-8-20-13(19)9-14-11(17)10-15-6-4-5-12(15)18;/h4-10H2,1-3H3;1H. The molecule has 2 amide bonds. The summed E-state index contributed by atoms with van der Waals surface area (Å²) in [6.45, 7) is 1.51. The van der Waals surface area contributed by atoms with Crippen LogP contribution in [0.2, 0.25) is 0 Å². The van der Waals surface area contributed by atoms with E-state index in [9.17, 15) is 14.4 Å². The van der Waals surface area contributed by atoms with Gasteiger partial charge in [0.2, 0.25) is 11.8 Å². The van der Waals surface area contributed by atoms with Gasteiger partial charge in [-0.3, -0.25) is 14.4 Å². The number of nitrogens with one attached hydrogen (secondary N) is 1. The molecule has 0 spiro atoms. The Morgan fingerprint density at radius 2 is 2.00 bits per heavy atom. The van der Waals surface area contributed by atoms with Crippen molar-refractivity contribution in [1.29, 1.82) is 0 Å². The van der Waals surface area contributed by atoms with Crippen molar-refractivity contribution in [3.63, 3.8) is 0 Å². The van der Waals surface area contributed by atoms with Crippen LogP contribution in [0.4, 0.5) is 0 Å². The molecule has 1 rings (SSSR count). The highest BCUT2D eigenvalue weighted by molar-refractivity contribution is 5.87. The fourth-order valence-corrected chi connectivity index (χ4v) is 1.76. The summed E-state index contributed by atoms with van der Waals surface area (Å²) in [6, 6.07) is 0. The zero-order chi connectivity index (χ0) is 15.2. The lowest BCUT2D eigenvalue weighted by atomic mass is 10.4. The zero-order valence-corrected chi connectivity index (χ0v) is 15.0. The number of nitrogens with zero attached hydrogens (tertiary/aromatic N) is 2. The number of ether oxygens (including phenoxy) is 1. The molecular formula is C13H24IN3O4. The minimum atomic E-state index is -0.459. The number of rotatable bonds is 7. The van der Waals surface area contributed by atoms with E-state index in [4.69, 9.17) is 4.74 Å². The number of quaternary nitrogens is 1. The smallest absolute Gasteiger partial charge is 0.325 e. The Morgan fingerprint density at radius 3 is 2.52 bits per heavy atom. The second kappa shape index (κ2) is 9.19.